The Morgan fingerprint density at radius 3 is 2.65 bits per heavy atom. The number of hydrogen-bond donors (Lipinski definition) is 1. The zero-order valence-electron chi connectivity index (χ0n) is 9.92. The fourth-order valence-electron chi connectivity index (χ4n) is 2.41. The van der Waals surface area contributed by atoms with Gasteiger partial charge in [-0.1, -0.05) is 42.6 Å². The molecule has 2 nitrogen and oxygen atoms in total. The molecule has 17 heavy (non-hydrogen) atoms. The molecule has 2 rings (SSSR count). The van der Waals surface area contributed by atoms with Crippen LogP contribution in [0.2, 0.25) is 10.0 Å². The van der Waals surface area contributed by atoms with E-state index in [1.54, 1.807) is 6.07 Å². The zero-order valence-corrected chi connectivity index (χ0v) is 11.4. The highest BCUT2D eigenvalue weighted by atomic mass is 35.5. The minimum Gasteiger partial charge on any atom is -0.387 e. The van der Waals surface area contributed by atoms with Crippen LogP contribution in [0, 0.1) is 0 Å². The van der Waals surface area contributed by atoms with Gasteiger partial charge < -0.3 is 5.11 Å². The number of β-amino-alcohol motifs (C(OH)–C–C–N with tert-alkyl or cyclic N) is 1. The van der Waals surface area contributed by atoms with Crippen LogP contribution < -0.4 is 0 Å². The van der Waals surface area contributed by atoms with Crippen molar-refractivity contribution in [2.75, 3.05) is 13.1 Å². The van der Waals surface area contributed by atoms with Gasteiger partial charge in [0.25, 0.3) is 0 Å². The van der Waals surface area contributed by atoms with Gasteiger partial charge in [-0.25, -0.2) is 0 Å². The van der Waals surface area contributed by atoms with Crippen molar-refractivity contribution in [1.29, 1.82) is 0 Å². The van der Waals surface area contributed by atoms with Crippen molar-refractivity contribution in [3.8, 4) is 0 Å². The lowest BCUT2D eigenvalue weighted by Crippen LogP contribution is -2.60. The van der Waals surface area contributed by atoms with Crippen molar-refractivity contribution in [3.05, 3.63) is 33.8 Å². The van der Waals surface area contributed by atoms with E-state index in [-0.39, 0.29) is 0 Å². The molecule has 1 aliphatic heterocycles. The van der Waals surface area contributed by atoms with E-state index in [0.29, 0.717) is 10.0 Å². The molecule has 4 heteroatoms. The van der Waals surface area contributed by atoms with Crippen LogP contribution >= 0.6 is 23.2 Å². The molecule has 94 valence electrons. The maximum atomic E-state index is 10.1. The zero-order chi connectivity index (χ0) is 12.5. The van der Waals surface area contributed by atoms with Crippen LogP contribution in [-0.4, -0.2) is 28.7 Å². The molecule has 1 N–H and O–H groups in total. The highest BCUT2D eigenvalue weighted by Crippen LogP contribution is 2.29. The summed E-state index contributed by atoms with van der Waals surface area (Å²) in [6, 6.07) is 5.55. The van der Waals surface area contributed by atoms with Gasteiger partial charge in [-0.2, -0.15) is 0 Å². The summed E-state index contributed by atoms with van der Waals surface area (Å²) in [6.07, 6.45) is 1.89. The first-order valence-electron chi connectivity index (χ1n) is 5.91. The van der Waals surface area contributed by atoms with Crippen LogP contribution in [0.4, 0.5) is 0 Å². The predicted octanol–water partition coefficient (Wildman–Crippen LogP) is 3.34. The first-order valence-corrected chi connectivity index (χ1v) is 6.67. The normalized spacial score (nSPS) is 19.1. The van der Waals surface area contributed by atoms with E-state index in [1.165, 1.54) is 0 Å². The third-order valence-electron chi connectivity index (χ3n) is 3.16. The Morgan fingerprint density at radius 1 is 1.35 bits per heavy atom. The van der Waals surface area contributed by atoms with Crippen LogP contribution in [0.1, 0.15) is 25.3 Å². The van der Waals surface area contributed by atoms with Gasteiger partial charge in [0, 0.05) is 29.7 Å². The van der Waals surface area contributed by atoms with Gasteiger partial charge in [0.15, 0.2) is 0 Å². The monoisotopic (exact) mass is 273 g/mol. The van der Waals surface area contributed by atoms with Gasteiger partial charge in [0.2, 0.25) is 0 Å². The molecule has 0 aromatic heterocycles. The summed E-state index contributed by atoms with van der Waals surface area (Å²) >= 11 is 12.0. The lowest BCUT2D eigenvalue weighted by Gasteiger charge is -2.46. The molecule has 1 fully saturated rings. The van der Waals surface area contributed by atoms with E-state index in [2.05, 4.69) is 11.8 Å². The molecule has 0 unspecified atom stereocenters. The molecule has 0 aliphatic carbocycles. The lowest BCUT2D eigenvalue weighted by molar-refractivity contribution is -0.106. The minimum absolute atomic E-state index is 0.479. The SMILES string of the molecule is CCCC1(O)CN(Cc2ccc(Cl)cc2Cl)C1. The van der Waals surface area contributed by atoms with Crippen molar-refractivity contribution in [2.45, 2.75) is 31.9 Å². The number of likely N-dealkylation sites (tertiary alicyclic amines) is 1. The van der Waals surface area contributed by atoms with Crippen LogP contribution in [0.15, 0.2) is 18.2 Å². The summed E-state index contributed by atoms with van der Waals surface area (Å²) in [7, 11) is 0. The Morgan fingerprint density at radius 2 is 2.06 bits per heavy atom. The van der Waals surface area contributed by atoms with E-state index in [0.717, 1.165) is 38.0 Å². The molecule has 0 bridgehead atoms. The van der Waals surface area contributed by atoms with Crippen molar-refractivity contribution < 1.29 is 5.11 Å². The van der Waals surface area contributed by atoms with Crippen molar-refractivity contribution >= 4 is 23.2 Å². The molecule has 1 heterocycles. The van der Waals surface area contributed by atoms with Crippen LogP contribution in [0.5, 0.6) is 0 Å². The smallest absolute Gasteiger partial charge is 0.0900 e. The summed E-state index contributed by atoms with van der Waals surface area (Å²) < 4.78 is 0. The Hall–Kier alpha value is -0.280. The fraction of sp³-hybridized carbons (Fsp3) is 0.538. The van der Waals surface area contributed by atoms with Crippen LogP contribution in [0.3, 0.4) is 0 Å². The van der Waals surface area contributed by atoms with E-state index in [9.17, 15) is 5.11 Å². The topological polar surface area (TPSA) is 23.5 Å². The second-order valence-corrected chi connectivity index (χ2v) is 5.70. The number of halogens is 2. The summed E-state index contributed by atoms with van der Waals surface area (Å²) in [4.78, 5) is 2.20. The third-order valence-corrected chi connectivity index (χ3v) is 3.75. The third kappa shape index (κ3) is 3.14. The van der Waals surface area contributed by atoms with Gasteiger partial charge in [-0.15, -0.1) is 0 Å². The Kier molecular flexibility index (Phi) is 3.99. The molecule has 0 spiro atoms. The Bertz CT molecular complexity index is 402. The van der Waals surface area contributed by atoms with Gasteiger partial charge >= 0.3 is 0 Å². The first kappa shape index (κ1) is 13.2. The van der Waals surface area contributed by atoms with Gasteiger partial charge in [-0.3, -0.25) is 4.90 Å². The molecule has 1 saturated heterocycles. The van der Waals surface area contributed by atoms with Gasteiger partial charge in [0.05, 0.1) is 5.60 Å². The molecular formula is C13H17Cl2NO. The number of benzene rings is 1. The maximum Gasteiger partial charge on any atom is 0.0900 e. The van der Waals surface area contributed by atoms with E-state index in [4.69, 9.17) is 23.2 Å². The van der Waals surface area contributed by atoms with E-state index >= 15 is 0 Å². The highest BCUT2D eigenvalue weighted by Gasteiger charge is 2.39. The number of hydrogen-bond acceptors (Lipinski definition) is 2. The van der Waals surface area contributed by atoms with Gasteiger partial charge in [0.1, 0.15) is 0 Å². The molecule has 0 atom stereocenters. The average Bonchev–Trinajstić information content (AvgIpc) is 2.20. The second kappa shape index (κ2) is 5.15. The highest BCUT2D eigenvalue weighted by molar-refractivity contribution is 6.35. The molecule has 1 aromatic carbocycles. The van der Waals surface area contributed by atoms with Crippen LogP contribution in [0.25, 0.3) is 0 Å². The standard InChI is InChI=1S/C13H17Cl2NO/c1-2-5-13(17)8-16(9-13)7-10-3-4-11(14)6-12(10)15/h3-4,6,17H,2,5,7-9H2,1H3. The molecule has 1 aromatic rings. The molecule has 0 amide bonds. The number of rotatable bonds is 4. The second-order valence-electron chi connectivity index (χ2n) is 4.86. The number of aliphatic hydroxyl groups is 1. The fourth-order valence-corrected chi connectivity index (χ4v) is 2.88. The lowest BCUT2D eigenvalue weighted by atomic mass is 9.89. The predicted molar refractivity (Wildman–Crippen MR) is 71.6 cm³/mol. The molecule has 0 saturated carbocycles. The van der Waals surface area contributed by atoms with Crippen molar-refractivity contribution in [2.24, 2.45) is 0 Å². The molecule has 1 aliphatic rings. The maximum absolute atomic E-state index is 10.1. The quantitative estimate of drug-likeness (QED) is 0.910. The average molecular weight is 274 g/mol. The molecule has 0 radical (unpaired) electrons. The Balaban J connectivity index is 1.91. The first-order chi connectivity index (χ1) is 8.02. The van der Waals surface area contributed by atoms with Crippen LogP contribution in [-0.2, 0) is 6.54 Å². The largest absolute Gasteiger partial charge is 0.387 e. The van der Waals surface area contributed by atoms with Crippen molar-refractivity contribution in [3.63, 3.8) is 0 Å². The van der Waals surface area contributed by atoms with E-state index < -0.39 is 5.60 Å². The Labute approximate surface area is 112 Å². The van der Waals surface area contributed by atoms with Gasteiger partial charge in [-0.05, 0) is 24.1 Å². The minimum atomic E-state index is -0.479. The summed E-state index contributed by atoms with van der Waals surface area (Å²) in [6.45, 7) is 4.35. The van der Waals surface area contributed by atoms with Crippen molar-refractivity contribution in [1.82, 2.24) is 4.90 Å². The summed E-state index contributed by atoms with van der Waals surface area (Å²) in [5.74, 6) is 0. The van der Waals surface area contributed by atoms with E-state index in [1.807, 2.05) is 12.1 Å². The molecular weight excluding hydrogens is 257 g/mol. The summed E-state index contributed by atoms with van der Waals surface area (Å²) in [5, 5.41) is 11.4. The number of nitrogens with zero attached hydrogens (tertiary/aromatic N) is 1. The summed E-state index contributed by atoms with van der Waals surface area (Å²) in [5.41, 5.74) is 0.586.